The largest absolute Gasteiger partial charge is 0.457 e. The lowest BCUT2D eigenvalue weighted by atomic mass is 10.1. The van der Waals surface area contributed by atoms with E-state index in [-0.39, 0.29) is 16.8 Å². The van der Waals surface area contributed by atoms with Crippen LogP contribution < -0.4 is 5.14 Å². The summed E-state index contributed by atoms with van der Waals surface area (Å²) in [5.74, 6) is 0.353. The van der Waals surface area contributed by atoms with Crippen molar-refractivity contribution in [3.05, 3.63) is 72.0 Å². The number of primary sulfonamides is 1. The summed E-state index contributed by atoms with van der Waals surface area (Å²) in [6, 6.07) is 15.4. The maximum atomic E-state index is 12.5. The lowest BCUT2D eigenvalue weighted by Crippen LogP contribution is -2.28. The number of para-hydroxylation sites is 1. The Kier molecular flexibility index (Phi) is 5.16. The van der Waals surface area contributed by atoms with Crippen molar-refractivity contribution < 1.29 is 17.6 Å². The first-order valence-electron chi connectivity index (χ1n) is 8.32. The van der Waals surface area contributed by atoms with Crippen LogP contribution in [-0.2, 0) is 14.8 Å². The summed E-state index contributed by atoms with van der Waals surface area (Å²) in [6.07, 6.45) is 3.05. The molecule has 0 fully saturated rings. The molecule has 3 aromatic rings. The van der Waals surface area contributed by atoms with Crippen LogP contribution in [0.4, 0.5) is 0 Å². The average molecular weight is 384 g/mol. The van der Waals surface area contributed by atoms with Crippen LogP contribution in [0.15, 0.2) is 70.0 Å². The summed E-state index contributed by atoms with van der Waals surface area (Å²) in [5, 5.41) is 6.14. The fourth-order valence-electron chi connectivity index (χ4n) is 2.72. The highest BCUT2D eigenvalue weighted by Crippen LogP contribution is 2.23. The van der Waals surface area contributed by atoms with Crippen molar-refractivity contribution in [2.75, 3.05) is 7.05 Å². The fourth-order valence-corrected chi connectivity index (χ4v) is 3.29. The van der Waals surface area contributed by atoms with Crippen molar-refractivity contribution in [1.29, 1.82) is 0 Å². The van der Waals surface area contributed by atoms with Crippen molar-refractivity contribution in [3.8, 4) is 0 Å². The molecule has 0 spiro atoms. The minimum atomic E-state index is -3.79. The van der Waals surface area contributed by atoms with Gasteiger partial charge < -0.3 is 9.32 Å². The number of amides is 1. The third-order valence-corrected chi connectivity index (χ3v) is 5.34. The Labute approximate surface area is 157 Å². The van der Waals surface area contributed by atoms with E-state index in [0.29, 0.717) is 11.3 Å². The summed E-state index contributed by atoms with van der Waals surface area (Å²) in [7, 11) is -2.14. The van der Waals surface area contributed by atoms with E-state index in [2.05, 4.69) is 0 Å². The second kappa shape index (κ2) is 7.38. The molecule has 0 bridgehead atoms. The average Bonchev–Trinajstić information content (AvgIpc) is 3.07. The number of carbonyl (C=O) groups is 1. The van der Waals surface area contributed by atoms with E-state index in [1.54, 1.807) is 25.3 Å². The van der Waals surface area contributed by atoms with Gasteiger partial charge in [0.15, 0.2) is 0 Å². The molecule has 6 nitrogen and oxygen atoms in total. The topological polar surface area (TPSA) is 93.6 Å². The third kappa shape index (κ3) is 4.27. The second-order valence-electron chi connectivity index (χ2n) is 6.26. The molecule has 1 amide bonds. The molecule has 0 saturated carbocycles. The Balaban J connectivity index is 1.76. The zero-order valence-corrected chi connectivity index (χ0v) is 15.8. The zero-order valence-electron chi connectivity index (χ0n) is 15.0. The number of likely N-dealkylation sites (N-methyl/N-ethyl adjacent to an activating group) is 1. The molecule has 3 rings (SSSR count). The standard InChI is InChI=1S/C20H20N2O4S/c1-14(15-7-5-8-18(13-15)27(21,24)25)22(2)20(23)11-10-17-12-16-6-3-4-9-19(16)26-17/h3-14H,1-2H3,(H2,21,24,25)/b11-10+. The van der Waals surface area contributed by atoms with Gasteiger partial charge in [0.25, 0.3) is 0 Å². The van der Waals surface area contributed by atoms with E-state index in [1.807, 2.05) is 37.3 Å². The number of rotatable bonds is 5. The number of carbonyl (C=O) groups excluding carboxylic acids is 1. The predicted molar refractivity (Wildman–Crippen MR) is 104 cm³/mol. The van der Waals surface area contributed by atoms with Gasteiger partial charge in [0.1, 0.15) is 11.3 Å². The Morgan fingerprint density at radius 1 is 1.15 bits per heavy atom. The number of hydrogen-bond donors (Lipinski definition) is 1. The van der Waals surface area contributed by atoms with Gasteiger partial charge in [-0.05, 0) is 42.8 Å². The lowest BCUT2D eigenvalue weighted by molar-refractivity contribution is -0.126. The summed E-state index contributed by atoms with van der Waals surface area (Å²) in [4.78, 5) is 14.0. The molecule has 0 saturated heterocycles. The van der Waals surface area contributed by atoms with Gasteiger partial charge in [-0.3, -0.25) is 4.79 Å². The summed E-state index contributed by atoms with van der Waals surface area (Å²) < 4.78 is 28.7. The quantitative estimate of drug-likeness (QED) is 0.683. The van der Waals surface area contributed by atoms with Crippen molar-refractivity contribution in [2.45, 2.75) is 17.9 Å². The van der Waals surface area contributed by atoms with Gasteiger partial charge in [-0.2, -0.15) is 0 Å². The first-order valence-corrected chi connectivity index (χ1v) is 9.86. The Morgan fingerprint density at radius 2 is 1.89 bits per heavy atom. The highest BCUT2D eigenvalue weighted by molar-refractivity contribution is 7.89. The van der Waals surface area contributed by atoms with Gasteiger partial charge in [0.05, 0.1) is 10.9 Å². The first kappa shape index (κ1) is 18.9. The van der Waals surface area contributed by atoms with Crippen LogP contribution in [0.2, 0.25) is 0 Å². The summed E-state index contributed by atoms with van der Waals surface area (Å²) in [5.41, 5.74) is 1.43. The first-order chi connectivity index (χ1) is 12.8. The molecule has 1 aromatic heterocycles. The number of sulfonamides is 1. The normalized spacial score (nSPS) is 13.1. The van der Waals surface area contributed by atoms with Gasteiger partial charge in [-0.25, -0.2) is 13.6 Å². The van der Waals surface area contributed by atoms with E-state index in [9.17, 15) is 13.2 Å². The molecule has 27 heavy (non-hydrogen) atoms. The molecule has 0 aliphatic carbocycles. The molecule has 7 heteroatoms. The molecular weight excluding hydrogens is 364 g/mol. The smallest absolute Gasteiger partial charge is 0.246 e. The highest BCUT2D eigenvalue weighted by atomic mass is 32.2. The number of benzene rings is 2. The maximum absolute atomic E-state index is 12.5. The Morgan fingerprint density at radius 3 is 2.59 bits per heavy atom. The minimum absolute atomic E-state index is 0.0190. The molecular formula is C20H20N2O4S. The van der Waals surface area contributed by atoms with E-state index < -0.39 is 10.0 Å². The summed E-state index contributed by atoms with van der Waals surface area (Å²) in [6.45, 7) is 1.81. The number of nitrogens with two attached hydrogens (primary N) is 1. The van der Waals surface area contributed by atoms with Crippen LogP contribution in [0.25, 0.3) is 17.0 Å². The van der Waals surface area contributed by atoms with Gasteiger partial charge in [-0.1, -0.05) is 30.3 Å². The van der Waals surface area contributed by atoms with Gasteiger partial charge in [0, 0.05) is 18.5 Å². The van der Waals surface area contributed by atoms with Gasteiger partial charge >= 0.3 is 0 Å². The van der Waals surface area contributed by atoms with E-state index >= 15 is 0 Å². The van der Waals surface area contributed by atoms with Crippen LogP contribution in [0.5, 0.6) is 0 Å². The Hall–Kier alpha value is -2.90. The SMILES string of the molecule is CC(c1cccc(S(N)(=O)=O)c1)N(C)C(=O)/C=C/c1cc2ccccc2o1. The van der Waals surface area contributed by atoms with Crippen LogP contribution in [0.1, 0.15) is 24.3 Å². The molecule has 1 unspecified atom stereocenters. The molecule has 2 N–H and O–H groups in total. The van der Waals surface area contributed by atoms with Crippen molar-refractivity contribution in [2.24, 2.45) is 5.14 Å². The van der Waals surface area contributed by atoms with Crippen molar-refractivity contribution in [3.63, 3.8) is 0 Å². The molecule has 0 aliphatic rings. The third-order valence-electron chi connectivity index (χ3n) is 4.43. The minimum Gasteiger partial charge on any atom is -0.457 e. The zero-order chi connectivity index (χ0) is 19.6. The van der Waals surface area contributed by atoms with Crippen LogP contribution >= 0.6 is 0 Å². The number of nitrogens with zero attached hydrogens (tertiary/aromatic N) is 1. The molecule has 1 heterocycles. The lowest BCUT2D eigenvalue weighted by Gasteiger charge is -2.24. The maximum Gasteiger partial charge on any atom is 0.246 e. The second-order valence-corrected chi connectivity index (χ2v) is 7.82. The molecule has 1 atom stereocenters. The van der Waals surface area contributed by atoms with Crippen molar-refractivity contribution in [1.82, 2.24) is 4.90 Å². The molecule has 140 valence electrons. The molecule has 2 aromatic carbocycles. The molecule has 0 radical (unpaired) electrons. The van der Waals surface area contributed by atoms with Gasteiger partial charge in [-0.15, -0.1) is 0 Å². The van der Waals surface area contributed by atoms with Crippen LogP contribution in [0, 0.1) is 0 Å². The van der Waals surface area contributed by atoms with Gasteiger partial charge in [0.2, 0.25) is 15.9 Å². The number of fused-ring (bicyclic) bond motifs is 1. The number of hydrogen-bond acceptors (Lipinski definition) is 4. The van der Waals surface area contributed by atoms with E-state index in [1.165, 1.54) is 23.1 Å². The van der Waals surface area contributed by atoms with Crippen LogP contribution in [0.3, 0.4) is 0 Å². The molecule has 0 aliphatic heterocycles. The van der Waals surface area contributed by atoms with Crippen LogP contribution in [-0.4, -0.2) is 26.3 Å². The fraction of sp³-hybridized carbons (Fsp3) is 0.150. The number of furan rings is 1. The monoisotopic (exact) mass is 384 g/mol. The van der Waals surface area contributed by atoms with E-state index in [4.69, 9.17) is 9.56 Å². The summed E-state index contributed by atoms with van der Waals surface area (Å²) >= 11 is 0. The predicted octanol–water partition coefficient (Wildman–Crippen LogP) is 3.31. The van der Waals surface area contributed by atoms with Crippen molar-refractivity contribution >= 4 is 33.0 Å². The van der Waals surface area contributed by atoms with E-state index in [0.717, 1.165) is 11.0 Å². The highest BCUT2D eigenvalue weighted by Gasteiger charge is 2.17. The Bertz CT molecular complexity index is 1080.